The fourth-order valence-electron chi connectivity index (χ4n) is 3.33. The monoisotopic (exact) mass is 429 g/mol. The summed E-state index contributed by atoms with van der Waals surface area (Å²) >= 11 is 0. The van der Waals surface area contributed by atoms with Crippen LogP contribution in [-0.2, 0) is 15.9 Å². The molecule has 1 atom stereocenters. The van der Waals surface area contributed by atoms with E-state index in [2.05, 4.69) is 15.0 Å². The Balaban J connectivity index is 1.90. The van der Waals surface area contributed by atoms with Crippen LogP contribution in [0.2, 0.25) is 0 Å². The number of ether oxygens (including phenoxy) is 4. The van der Waals surface area contributed by atoms with Gasteiger partial charge in [-0.3, -0.25) is 4.99 Å². The molecule has 0 spiro atoms. The van der Waals surface area contributed by atoms with Gasteiger partial charge < -0.3 is 29.2 Å². The van der Waals surface area contributed by atoms with Gasteiger partial charge in [0.1, 0.15) is 0 Å². The molecule has 1 N–H and O–H groups in total. The number of guanidine groups is 1. The van der Waals surface area contributed by atoms with Crippen LogP contribution in [0.25, 0.3) is 0 Å². The molecule has 7 nitrogen and oxygen atoms in total. The van der Waals surface area contributed by atoms with Crippen molar-refractivity contribution in [1.29, 1.82) is 0 Å². The smallest absolute Gasteiger partial charge is 0.387 e. The summed E-state index contributed by atoms with van der Waals surface area (Å²) in [6.45, 7) is 4.22. The number of nitrogens with one attached hydrogen (secondary N) is 1. The van der Waals surface area contributed by atoms with E-state index in [0.717, 1.165) is 44.2 Å². The summed E-state index contributed by atoms with van der Waals surface area (Å²) in [6.07, 6.45) is 1.67. The molecule has 9 heteroatoms. The maximum atomic E-state index is 12.6. The Morgan fingerprint density at radius 2 is 2.10 bits per heavy atom. The highest BCUT2D eigenvalue weighted by molar-refractivity contribution is 5.80. The molecule has 0 amide bonds. The molecule has 1 aliphatic rings. The molecule has 170 valence electrons. The molecule has 1 aromatic rings. The lowest BCUT2D eigenvalue weighted by Crippen LogP contribution is -2.40. The third kappa shape index (κ3) is 7.95. The summed E-state index contributed by atoms with van der Waals surface area (Å²) in [4.78, 5) is 6.96. The van der Waals surface area contributed by atoms with Crippen LogP contribution >= 0.6 is 0 Å². The topological polar surface area (TPSA) is 64.6 Å². The minimum Gasteiger partial charge on any atom is -0.493 e. The van der Waals surface area contributed by atoms with Crippen LogP contribution in [0, 0.1) is 5.92 Å². The van der Waals surface area contributed by atoms with Crippen molar-refractivity contribution >= 4 is 5.96 Å². The average molecular weight is 430 g/mol. The molecule has 1 unspecified atom stereocenters. The first-order valence-electron chi connectivity index (χ1n) is 10.3. The first kappa shape index (κ1) is 24.1. The zero-order chi connectivity index (χ0) is 21.8. The standard InChI is InChI=1S/C21H33F2N3O4/c1-4-24-21(26-10-8-17(14-26)15-29-12-11-27-2)25-9-7-16-5-6-18(28-3)19(13-16)30-20(22)23/h5-6,13,17,20H,4,7-12,14-15H2,1-3H3,(H,24,25). The van der Waals surface area contributed by atoms with Gasteiger partial charge in [0.15, 0.2) is 17.5 Å². The largest absolute Gasteiger partial charge is 0.493 e. The van der Waals surface area contributed by atoms with Crippen molar-refractivity contribution in [3.63, 3.8) is 0 Å². The molecule has 1 saturated heterocycles. The SMILES string of the molecule is CCNC(=NCCc1ccc(OC)c(OC(F)F)c1)N1CCC(COCCOC)C1. The summed E-state index contributed by atoms with van der Waals surface area (Å²) in [7, 11) is 3.09. The summed E-state index contributed by atoms with van der Waals surface area (Å²) in [5, 5.41) is 3.33. The Hall–Kier alpha value is -2.13. The van der Waals surface area contributed by atoms with Gasteiger partial charge in [-0.05, 0) is 37.5 Å². The second-order valence-electron chi connectivity index (χ2n) is 7.02. The van der Waals surface area contributed by atoms with E-state index in [1.165, 1.54) is 7.11 Å². The van der Waals surface area contributed by atoms with E-state index >= 15 is 0 Å². The van der Waals surface area contributed by atoms with E-state index in [4.69, 9.17) is 19.2 Å². The lowest BCUT2D eigenvalue weighted by Gasteiger charge is -2.21. The lowest BCUT2D eigenvalue weighted by atomic mass is 10.1. The van der Waals surface area contributed by atoms with Crippen molar-refractivity contribution in [2.75, 3.05) is 60.2 Å². The second-order valence-corrected chi connectivity index (χ2v) is 7.02. The number of likely N-dealkylation sites (tertiary alicyclic amines) is 1. The Morgan fingerprint density at radius 1 is 1.27 bits per heavy atom. The number of aliphatic imine (C=N–C) groups is 1. The number of hydrogen-bond donors (Lipinski definition) is 1. The highest BCUT2D eigenvalue weighted by Crippen LogP contribution is 2.29. The van der Waals surface area contributed by atoms with Gasteiger partial charge in [-0.15, -0.1) is 0 Å². The molecule has 1 aromatic carbocycles. The predicted octanol–water partition coefficient (Wildman–Crippen LogP) is 2.79. The molecule has 2 rings (SSSR count). The van der Waals surface area contributed by atoms with E-state index in [-0.39, 0.29) is 11.5 Å². The Morgan fingerprint density at radius 3 is 2.80 bits per heavy atom. The van der Waals surface area contributed by atoms with Crippen LogP contribution in [0.5, 0.6) is 11.5 Å². The second kappa shape index (κ2) is 13.2. The first-order valence-corrected chi connectivity index (χ1v) is 10.3. The van der Waals surface area contributed by atoms with Crippen LogP contribution in [0.4, 0.5) is 8.78 Å². The fourth-order valence-corrected chi connectivity index (χ4v) is 3.33. The van der Waals surface area contributed by atoms with Gasteiger partial charge in [-0.1, -0.05) is 6.07 Å². The van der Waals surface area contributed by atoms with Gasteiger partial charge in [0.2, 0.25) is 0 Å². The van der Waals surface area contributed by atoms with Crippen molar-refractivity contribution in [3.8, 4) is 11.5 Å². The molecular formula is C21H33F2N3O4. The summed E-state index contributed by atoms with van der Waals surface area (Å²) < 4.78 is 45.5. The quantitative estimate of drug-likeness (QED) is 0.313. The van der Waals surface area contributed by atoms with Crippen molar-refractivity contribution in [1.82, 2.24) is 10.2 Å². The van der Waals surface area contributed by atoms with Crippen molar-refractivity contribution < 1.29 is 27.7 Å². The lowest BCUT2D eigenvalue weighted by molar-refractivity contribution is -0.0512. The molecule has 0 saturated carbocycles. The number of nitrogens with zero attached hydrogens (tertiary/aromatic N) is 2. The van der Waals surface area contributed by atoms with Gasteiger partial charge >= 0.3 is 6.61 Å². The molecule has 0 aliphatic carbocycles. The fraction of sp³-hybridized carbons (Fsp3) is 0.667. The van der Waals surface area contributed by atoms with E-state index < -0.39 is 6.61 Å². The van der Waals surface area contributed by atoms with Gasteiger partial charge in [0.25, 0.3) is 0 Å². The molecule has 1 heterocycles. The maximum absolute atomic E-state index is 12.6. The minimum absolute atomic E-state index is 0.0387. The van der Waals surface area contributed by atoms with Gasteiger partial charge in [0, 0.05) is 39.2 Å². The van der Waals surface area contributed by atoms with Crippen LogP contribution in [-0.4, -0.2) is 77.7 Å². The van der Waals surface area contributed by atoms with E-state index in [1.807, 2.05) is 13.0 Å². The van der Waals surface area contributed by atoms with Gasteiger partial charge in [-0.25, -0.2) is 0 Å². The molecule has 1 fully saturated rings. The van der Waals surface area contributed by atoms with Crippen LogP contribution in [0.1, 0.15) is 18.9 Å². The number of hydrogen-bond acceptors (Lipinski definition) is 5. The maximum Gasteiger partial charge on any atom is 0.387 e. The summed E-state index contributed by atoms with van der Waals surface area (Å²) in [5.74, 6) is 1.67. The first-order chi connectivity index (χ1) is 14.6. The third-order valence-corrected chi connectivity index (χ3v) is 4.81. The van der Waals surface area contributed by atoms with E-state index in [1.54, 1.807) is 19.2 Å². The van der Waals surface area contributed by atoms with Crippen molar-refractivity contribution in [2.24, 2.45) is 10.9 Å². The number of benzene rings is 1. The number of rotatable bonds is 12. The summed E-state index contributed by atoms with van der Waals surface area (Å²) in [6, 6.07) is 5.05. The Labute approximate surface area is 177 Å². The zero-order valence-electron chi connectivity index (χ0n) is 18.0. The van der Waals surface area contributed by atoms with Crippen LogP contribution in [0.3, 0.4) is 0 Å². The highest BCUT2D eigenvalue weighted by Gasteiger charge is 2.25. The highest BCUT2D eigenvalue weighted by atomic mass is 19.3. The van der Waals surface area contributed by atoms with E-state index in [9.17, 15) is 8.78 Å². The van der Waals surface area contributed by atoms with Crippen LogP contribution < -0.4 is 14.8 Å². The molecule has 0 bridgehead atoms. The minimum atomic E-state index is -2.89. The number of halogens is 2. The predicted molar refractivity (Wildman–Crippen MR) is 112 cm³/mol. The Bertz CT molecular complexity index is 661. The molecular weight excluding hydrogens is 396 g/mol. The third-order valence-electron chi connectivity index (χ3n) is 4.81. The normalized spacial score (nSPS) is 16.9. The van der Waals surface area contributed by atoms with Crippen LogP contribution in [0.15, 0.2) is 23.2 Å². The number of methoxy groups -OCH3 is 2. The van der Waals surface area contributed by atoms with E-state index in [0.29, 0.717) is 32.1 Å². The zero-order valence-corrected chi connectivity index (χ0v) is 18.0. The van der Waals surface area contributed by atoms with Gasteiger partial charge in [-0.2, -0.15) is 8.78 Å². The number of alkyl halides is 2. The van der Waals surface area contributed by atoms with Crippen molar-refractivity contribution in [3.05, 3.63) is 23.8 Å². The van der Waals surface area contributed by atoms with Gasteiger partial charge in [0.05, 0.1) is 26.9 Å². The average Bonchev–Trinajstić information content (AvgIpc) is 3.19. The molecule has 30 heavy (non-hydrogen) atoms. The summed E-state index contributed by atoms with van der Waals surface area (Å²) in [5.41, 5.74) is 0.858. The molecule has 0 aromatic heterocycles. The Kier molecular flexibility index (Phi) is 10.6. The molecule has 1 aliphatic heterocycles. The molecule has 0 radical (unpaired) electrons. The van der Waals surface area contributed by atoms with Crippen molar-refractivity contribution in [2.45, 2.75) is 26.4 Å².